The number of carbonyl (C=O) groups excluding carboxylic acids is 1. The van der Waals surface area contributed by atoms with Gasteiger partial charge in [0.15, 0.2) is 11.5 Å². The third-order valence-corrected chi connectivity index (χ3v) is 3.09. The zero-order valence-corrected chi connectivity index (χ0v) is 11.8. The Balaban J connectivity index is 2.32. The summed E-state index contributed by atoms with van der Waals surface area (Å²) in [7, 11) is 1.56. The quantitative estimate of drug-likeness (QED) is 0.470. The Kier molecular flexibility index (Phi) is 4.63. The molecule has 1 aromatic carbocycles. The van der Waals surface area contributed by atoms with E-state index in [-0.39, 0.29) is 0 Å². The summed E-state index contributed by atoms with van der Waals surface area (Å²) < 4.78 is 16.3. The SMILES string of the molecule is C=CC(=O)Oc1ccc2c(c1OC)CN(CCC)CO2. The molecular weight excluding hydrogens is 258 g/mol. The second-order valence-electron chi connectivity index (χ2n) is 4.52. The van der Waals surface area contributed by atoms with E-state index in [2.05, 4.69) is 18.4 Å². The van der Waals surface area contributed by atoms with Crippen LogP contribution in [-0.2, 0) is 11.3 Å². The number of hydrogen-bond acceptors (Lipinski definition) is 5. The molecule has 0 atom stereocenters. The molecule has 0 radical (unpaired) electrons. The van der Waals surface area contributed by atoms with Crippen LogP contribution in [0.25, 0.3) is 0 Å². The first kappa shape index (κ1) is 14.4. The third kappa shape index (κ3) is 2.93. The van der Waals surface area contributed by atoms with Gasteiger partial charge in [0.2, 0.25) is 0 Å². The summed E-state index contributed by atoms with van der Waals surface area (Å²) in [5.74, 6) is 1.19. The molecule has 5 heteroatoms. The van der Waals surface area contributed by atoms with Crippen molar-refractivity contribution in [3.8, 4) is 17.2 Å². The van der Waals surface area contributed by atoms with Crippen molar-refractivity contribution in [1.29, 1.82) is 0 Å². The number of carbonyl (C=O) groups is 1. The molecular formula is C15H19NO4. The lowest BCUT2D eigenvalue weighted by Crippen LogP contribution is -2.32. The standard InChI is InChI=1S/C15H19NO4/c1-4-8-16-9-11-12(19-10-16)6-7-13(15(11)18-3)20-14(17)5-2/h5-7H,2,4,8-10H2,1,3H3. The van der Waals surface area contributed by atoms with E-state index < -0.39 is 5.97 Å². The second kappa shape index (κ2) is 6.43. The summed E-state index contributed by atoms with van der Waals surface area (Å²) in [5.41, 5.74) is 0.904. The van der Waals surface area contributed by atoms with Crippen molar-refractivity contribution in [3.63, 3.8) is 0 Å². The number of hydrogen-bond donors (Lipinski definition) is 0. The lowest BCUT2D eigenvalue weighted by Gasteiger charge is -2.30. The maximum Gasteiger partial charge on any atom is 0.335 e. The minimum atomic E-state index is -0.509. The minimum Gasteiger partial charge on any atom is -0.492 e. The number of rotatable bonds is 5. The van der Waals surface area contributed by atoms with Crippen LogP contribution in [0.1, 0.15) is 18.9 Å². The Labute approximate surface area is 118 Å². The van der Waals surface area contributed by atoms with E-state index in [9.17, 15) is 4.79 Å². The van der Waals surface area contributed by atoms with Gasteiger partial charge in [-0.1, -0.05) is 13.5 Å². The molecule has 0 unspecified atom stereocenters. The summed E-state index contributed by atoms with van der Waals surface area (Å²) in [6.45, 7) is 7.73. The van der Waals surface area contributed by atoms with Crippen LogP contribution >= 0.6 is 0 Å². The van der Waals surface area contributed by atoms with Crippen LogP contribution in [0, 0.1) is 0 Å². The fraction of sp³-hybridized carbons (Fsp3) is 0.400. The fourth-order valence-electron chi connectivity index (χ4n) is 2.22. The van der Waals surface area contributed by atoms with Crippen LogP contribution in [0.15, 0.2) is 24.8 Å². The van der Waals surface area contributed by atoms with Gasteiger partial charge in [-0.25, -0.2) is 4.79 Å². The molecule has 5 nitrogen and oxygen atoms in total. The summed E-state index contributed by atoms with van der Waals surface area (Å²) >= 11 is 0. The van der Waals surface area contributed by atoms with E-state index in [0.29, 0.717) is 24.8 Å². The Morgan fingerprint density at radius 1 is 1.55 bits per heavy atom. The largest absolute Gasteiger partial charge is 0.492 e. The normalized spacial score (nSPS) is 14.1. The van der Waals surface area contributed by atoms with E-state index in [1.54, 1.807) is 19.2 Å². The van der Waals surface area contributed by atoms with Gasteiger partial charge in [-0.3, -0.25) is 4.90 Å². The van der Waals surface area contributed by atoms with Gasteiger partial charge in [-0.2, -0.15) is 0 Å². The van der Waals surface area contributed by atoms with Crippen LogP contribution in [0.5, 0.6) is 17.2 Å². The zero-order chi connectivity index (χ0) is 14.5. The van der Waals surface area contributed by atoms with Crippen LogP contribution in [0.3, 0.4) is 0 Å². The highest BCUT2D eigenvalue weighted by Crippen LogP contribution is 2.40. The van der Waals surface area contributed by atoms with Crippen LogP contribution in [0.4, 0.5) is 0 Å². The Bertz CT molecular complexity index is 513. The topological polar surface area (TPSA) is 48.0 Å². The monoisotopic (exact) mass is 277 g/mol. The van der Waals surface area contributed by atoms with E-state index >= 15 is 0 Å². The smallest absolute Gasteiger partial charge is 0.335 e. The molecule has 1 aromatic rings. The van der Waals surface area contributed by atoms with Crippen LogP contribution in [-0.4, -0.2) is 31.3 Å². The number of esters is 1. The highest BCUT2D eigenvalue weighted by molar-refractivity contribution is 5.84. The summed E-state index contributed by atoms with van der Waals surface area (Å²) in [5, 5.41) is 0. The van der Waals surface area contributed by atoms with Crippen molar-refractivity contribution >= 4 is 5.97 Å². The predicted octanol–water partition coefficient (Wildman–Crippen LogP) is 2.35. The second-order valence-corrected chi connectivity index (χ2v) is 4.52. The third-order valence-electron chi connectivity index (χ3n) is 3.09. The summed E-state index contributed by atoms with van der Waals surface area (Å²) in [6, 6.07) is 3.47. The average molecular weight is 277 g/mol. The Morgan fingerprint density at radius 3 is 3.00 bits per heavy atom. The van der Waals surface area contributed by atoms with Gasteiger partial charge < -0.3 is 14.2 Å². The lowest BCUT2D eigenvalue weighted by atomic mass is 10.1. The van der Waals surface area contributed by atoms with Crippen molar-refractivity contribution in [2.75, 3.05) is 20.4 Å². The Morgan fingerprint density at radius 2 is 2.35 bits per heavy atom. The number of methoxy groups -OCH3 is 1. The van der Waals surface area contributed by atoms with Crippen LogP contribution in [0.2, 0.25) is 0 Å². The first-order valence-electron chi connectivity index (χ1n) is 6.58. The molecule has 108 valence electrons. The van der Waals surface area contributed by atoms with Gasteiger partial charge in [0, 0.05) is 19.2 Å². The van der Waals surface area contributed by atoms with Crippen molar-refractivity contribution in [3.05, 3.63) is 30.4 Å². The highest BCUT2D eigenvalue weighted by atomic mass is 16.6. The van der Waals surface area contributed by atoms with Gasteiger partial charge in [-0.15, -0.1) is 0 Å². The molecule has 1 aliphatic heterocycles. The molecule has 1 aliphatic rings. The van der Waals surface area contributed by atoms with Gasteiger partial charge in [0.25, 0.3) is 0 Å². The molecule has 1 heterocycles. The lowest BCUT2D eigenvalue weighted by molar-refractivity contribution is -0.129. The molecule has 0 saturated heterocycles. The van der Waals surface area contributed by atoms with Crippen molar-refractivity contribution < 1.29 is 19.0 Å². The van der Waals surface area contributed by atoms with E-state index in [0.717, 1.165) is 30.4 Å². The first-order chi connectivity index (χ1) is 9.69. The molecule has 0 amide bonds. The highest BCUT2D eigenvalue weighted by Gasteiger charge is 2.24. The average Bonchev–Trinajstić information content (AvgIpc) is 2.47. The predicted molar refractivity (Wildman–Crippen MR) is 75.0 cm³/mol. The van der Waals surface area contributed by atoms with Crippen molar-refractivity contribution in [2.45, 2.75) is 19.9 Å². The molecule has 0 spiro atoms. The van der Waals surface area contributed by atoms with Gasteiger partial charge in [0.05, 0.1) is 12.7 Å². The molecule has 0 fully saturated rings. The molecule has 2 rings (SSSR count). The van der Waals surface area contributed by atoms with Crippen LogP contribution < -0.4 is 14.2 Å². The molecule has 0 saturated carbocycles. The number of fused-ring (bicyclic) bond motifs is 1. The van der Waals surface area contributed by atoms with Gasteiger partial charge in [0.1, 0.15) is 12.5 Å². The maximum atomic E-state index is 11.3. The minimum absolute atomic E-state index is 0.387. The number of benzene rings is 1. The zero-order valence-electron chi connectivity index (χ0n) is 11.8. The molecule has 0 bridgehead atoms. The molecule has 0 aromatic heterocycles. The fourth-order valence-corrected chi connectivity index (χ4v) is 2.22. The molecule has 0 N–H and O–H groups in total. The van der Waals surface area contributed by atoms with E-state index in [4.69, 9.17) is 14.2 Å². The molecule has 20 heavy (non-hydrogen) atoms. The first-order valence-corrected chi connectivity index (χ1v) is 6.58. The van der Waals surface area contributed by atoms with Gasteiger partial charge in [-0.05, 0) is 18.6 Å². The van der Waals surface area contributed by atoms with Crippen molar-refractivity contribution in [2.24, 2.45) is 0 Å². The van der Waals surface area contributed by atoms with E-state index in [1.165, 1.54) is 0 Å². The van der Waals surface area contributed by atoms with E-state index in [1.807, 2.05) is 0 Å². The number of ether oxygens (including phenoxy) is 3. The molecule has 0 aliphatic carbocycles. The van der Waals surface area contributed by atoms with Crippen molar-refractivity contribution in [1.82, 2.24) is 4.90 Å². The Hall–Kier alpha value is -2.01. The summed E-state index contributed by atoms with van der Waals surface area (Å²) in [4.78, 5) is 13.5. The maximum absolute atomic E-state index is 11.3. The van der Waals surface area contributed by atoms with Gasteiger partial charge >= 0.3 is 5.97 Å². The number of nitrogens with zero attached hydrogens (tertiary/aromatic N) is 1. The summed E-state index contributed by atoms with van der Waals surface area (Å²) in [6.07, 6.45) is 2.17.